The van der Waals surface area contributed by atoms with Gasteiger partial charge < -0.3 is 10.1 Å². The van der Waals surface area contributed by atoms with Gasteiger partial charge in [-0.3, -0.25) is 9.78 Å². The van der Waals surface area contributed by atoms with Gasteiger partial charge in [-0.25, -0.2) is 0 Å². The first-order chi connectivity index (χ1) is 12.8. The number of methoxy groups -OCH3 is 1. The van der Waals surface area contributed by atoms with E-state index in [4.69, 9.17) is 4.74 Å². The number of fused-ring (bicyclic) bond motifs is 2. The summed E-state index contributed by atoms with van der Waals surface area (Å²) in [5, 5.41) is 6.11. The number of nitrogens with zero attached hydrogens (tertiary/aromatic N) is 1. The Balaban J connectivity index is 1.64. The van der Waals surface area contributed by atoms with E-state index >= 15 is 0 Å². The number of carbonyl (C=O) groups is 1. The van der Waals surface area contributed by atoms with Gasteiger partial charge in [0.25, 0.3) is 0 Å². The van der Waals surface area contributed by atoms with Crippen molar-refractivity contribution in [3.63, 3.8) is 0 Å². The maximum Gasteiger partial charge on any atom is 0.228 e. The molecule has 0 aliphatic carbocycles. The highest BCUT2D eigenvalue weighted by atomic mass is 16.5. The molecule has 0 unspecified atom stereocenters. The number of aromatic nitrogens is 1. The number of amides is 1. The molecule has 0 saturated heterocycles. The average molecular weight is 342 g/mol. The largest absolute Gasteiger partial charge is 0.494 e. The van der Waals surface area contributed by atoms with E-state index in [1.165, 1.54) is 0 Å². The van der Waals surface area contributed by atoms with Crippen LogP contribution < -0.4 is 10.1 Å². The number of nitrogens with one attached hydrogen (secondary N) is 1. The van der Waals surface area contributed by atoms with Gasteiger partial charge in [-0.2, -0.15) is 0 Å². The molecule has 0 fully saturated rings. The van der Waals surface area contributed by atoms with Crippen LogP contribution in [0.3, 0.4) is 0 Å². The Morgan fingerprint density at radius 3 is 2.65 bits per heavy atom. The van der Waals surface area contributed by atoms with E-state index < -0.39 is 0 Å². The fraction of sp³-hybridized carbons (Fsp3) is 0.0909. The normalized spacial score (nSPS) is 10.8. The number of ether oxygens (including phenoxy) is 1. The van der Waals surface area contributed by atoms with E-state index in [9.17, 15) is 4.79 Å². The zero-order chi connectivity index (χ0) is 17.9. The van der Waals surface area contributed by atoms with Crippen LogP contribution >= 0.6 is 0 Å². The topological polar surface area (TPSA) is 51.2 Å². The summed E-state index contributed by atoms with van der Waals surface area (Å²) in [4.78, 5) is 17.0. The van der Waals surface area contributed by atoms with Crippen LogP contribution in [0.1, 0.15) is 5.56 Å². The van der Waals surface area contributed by atoms with Gasteiger partial charge in [-0.1, -0.05) is 42.5 Å². The smallest absolute Gasteiger partial charge is 0.228 e. The molecular weight excluding hydrogens is 324 g/mol. The van der Waals surface area contributed by atoms with Crippen molar-refractivity contribution in [2.45, 2.75) is 6.42 Å². The standard InChI is InChI=1S/C22H18N2O2/c1-26-20-12-11-19(18-10-5-13-23-22(18)20)24-21(25)14-16-8-4-7-15-6-2-3-9-17(15)16/h2-13H,14H2,1H3,(H,24,25). The highest BCUT2D eigenvalue weighted by molar-refractivity contribution is 6.04. The molecule has 0 bridgehead atoms. The minimum Gasteiger partial charge on any atom is -0.494 e. The zero-order valence-corrected chi connectivity index (χ0v) is 14.4. The first-order valence-electron chi connectivity index (χ1n) is 8.44. The van der Waals surface area contributed by atoms with Crippen molar-refractivity contribution in [2.24, 2.45) is 0 Å². The minimum absolute atomic E-state index is 0.0586. The molecule has 0 saturated carbocycles. The molecule has 1 amide bonds. The molecular formula is C22H18N2O2. The van der Waals surface area contributed by atoms with E-state index in [-0.39, 0.29) is 5.91 Å². The molecule has 1 N–H and O–H groups in total. The first-order valence-corrected chi connectivity index (χ1v) is 8.44. The van der Waals surface area contributed by atoms with Crippen molar-refractivity contribution in [3.8, 4) is 5.75 Å². The summed E-state index contributed by atoms with van der Waals surface area (Å²) in [7, 11) is 1.61. The Morgan fingerprint density at radius 2 is 1.77 bits per heavy atom. The summed E-state index contributed by atoms with van der Waals surface area (Å²) < 4.78 is 5.36. The second-order valence-corrected chi connectivity index (χ2v) is 6.08. The van der Waals surface area contributed by atoms with Gasteiger partial charge in [0.05, 0.1) is 19.2 Å². The maximum absolute atomic E-state index is 12.7. The van der Waals surface area contributed by atoms with Gasteiger partial charge in [0.1, 0.15) is 11.3 Å². The number of carbonyl (C=O) groups excluding carboxylic acids is 1. The number of benzene rings is 3. The van der Waals surface area contributed by atoms with Crippen molar-refractivity contribution in [3.05, 3.63) is 78.5 Å². The Bertz CT molecular complexity index is 1100. The Labute approximate surface area is 151 Å². The third-order valence-corrected chi connectivity index (χ3v) is 4.46. The van der Waals surface area contributed by atoms with Gasteiger partial charge >= 0.3 is 0 Å². The third-order valence-electron chi connectivity index (χ3n) is 4.46. The van der Waals surface area contributed by atoms with E-state index in [0.29, 0.717) is 12.2 Å². The molecule has 0 aliphatic rings. The van der Waals surface area contributed by atoms with Crippen molar-refractivity contribution in [1.82, 2.24) is 4.98 Å². The van der Waals surface area contributed by atoms with Gasteiger partial charge in [0, 0.05) is 11.6 Å². The van der Waals surface area contributed by atoms with Crippen LogP contribution in [-0.4, -0.2) is 18.0 Å². The molecule has 4 nitrogen and oxygen atoms in total. The van der Waals surface area contributed by atoms with Crippen molar-refractivity contribution in [1.29, 1.82) is 0 Å². The molecule has 0 radical (unpaired) electrons. The first kappa shape index (κ1) is 16.1. The summed E-state index contributed by atoms with van der Waals surface area (Å²) in [6, 6.07) is 21.6. The predicted molar refractivity (Wildman–Crippen MR) is 105 cm³/mol. The lowest BCUT2D eigenvalue weighted by molar-refractivity contribution is -0.115. The quantitative estimate of drug-likeness (QED) is 0.591. The Hall–Kier alpha value is -3.40. The van der Waals surface area contributed by atoms with E-state index in [0.717, 1.165) is 32.9 Å². The summed E-state index contributed by atoms with van der Waals surface area (Å²) >= 11 is 0. The molecule has 0 atom stereocenters. The van der Waals surface area contributed by atoms with Gasteiger partial charge in [-0.15, -0.1) is 0 Å². The second kappa shape index (κ2) is 6.84. The number of pyridine rings is 1. The van der Waals surface area contributed by atoms with Gasteiger partial charge in [0.15, 0.2) is 0 Å². The predicted octanol–water partition coefficient (Wildman–Crippen LogP) is 4.58. The number of rotatable bonds is 4. The summed E-state index contributed by atoms with van der Waals surface area (Å²) in [5.41, 5.74) is 2.48. The zero-order valence-electron chi connectivity index (χ0n) is 14.4. The SMILES string of the molecule is COc1ccc(NC(=O)Cc2cccc3ccccc23)c2cccnc12. The Kier molecular flexibility index (Phi) is 4.23. The van der Waals surface area contributed by atoms with Gasteiger partial charge in [0.2, 0.25) is 5.91 Å². The lowest BCUT2D eigenvalue weighted by Gasteiger charge is -2.12. The molecule has 26 heavy (non-hydrogen) atoms. The summed E-state index contributed by atoms with van der Waals surface area (Å²) in [6.45, 7) is 0. The van der Waals surface area contributed by atoms with Crippen LogP contribution in [0, 0.1) is 0 Å². The third kappa shape index (κ3) is 2.97. The fourth-order valence-electron chi connectivity index (χ4n) is 3.23. The fourth-order valence-corrected chi connectivity index (χ4v) is 3.23. The molecule has 1 aromatic heterocycles. The molecule has 4 aromatic rings. The molecule has 3 aromatic carbocycles. The number of anilines is 1. The second-order valence-electron chi connectivity index (χ2n) is 6.08. The van der Waals surface area contributed by atoms with Crippen LogP contribution in [-0.2, 0) is 11.2 Å². The maximum atomic E-state index is 12.7. The number of hydrogen-bond donors (Lipinski definition) is 1. The van der Waals surface area contributed by atoms with Crippen LogP contribution in [0.2, 0.25) is 0 Å². The molecule has 4 rings (SSSR count). The van der Waals surface area contributed by atoms with Crippen LogP contribution in [0.15, 0.2) is 72.9 Å². The summed E-state index contributed by atoms with van der Waals surface area (Å²) in [5.74, 6) is 0.629. The van der Waals surface area contributed by atoms with Crippen molar-refractivity contribution < 1.29 is 9.53 Å². The van der Waals surface area contributed by atoms with E-state index in [1.807, 2.05) is 54.6 Å². The average Bonchev–Trinajstić information content (AvgIpc) is 2.68. The molecule has 128 valence electrons. The molecule has 0 aliphatic heterocycles. The van der Waals surface area contributed by atoms with Crippen LogP contribution in [0.25, 0.3) is 21.7 Å². The van der Waals surface area contributed by atoms with Crippen molar-refractivity contribution in [2.75, 3.05) is 12.4 Å². The molecule has 1 heterocycles. The summed E-state index contributed by atoms with van der Waals surface area (Å²) in [6.07, 6.45) is 2.03. The Morgan fingerprint density at radius 1 is 0.962 bits per heavy atom. The van der Waals surface area contributed by atoms with Crippen molar-refractivity contribution >= 4 is 33.3 Å². The molecule has 4 heteroatoms. The van der Waals surface area contributed by atoms with E-state index in [1.54, 1.807) is 13.3 Å². The number of hydrogen-bond acceptors (Lipinski definition) is 3. The van der Waals surface area contributed by atoms with Gasteiger partial charge in [-0.05, 0) is 40.6 Å². The highest BCUT2D eigenvalue weighted by Crippen LogP contribution is 2.30. The minimum atomic E-state index is -0.0586. The highest BCUT2D eigenvalue weighted by Gasteiger charge is 2.11. The van der Waals surface area contributed by atoms with Crippen LogP contribution in [0.5, 0.6) is 5.75 Å². The van der Waals surface area contributed by atoms with Crippen LogP contribution in [0.4, 0.5) is 5.69 Å². The lowest BCUT2D eigenvalue weighted by Crippen LogP contribution is -2.15. The monoisotopic (exact) mass is 342 g/mol. The van der Waals surface area contributed by atoms with E-state index in [2.05, 4.69) is 22.4 Å². The molecule has 0 spiro atoms. The lowest BCUT2D eigenvalue weighted by atomic mass is 10.0.